The summed E-state index contributed by atoms with van der Waals surface area (Å²) in [5, 5.41) is 17.3. The van der Waals surface area contributed by atoms with Gasteiger partial charge in [-0.05, 0) is 25.2 Å². The number of unbranched alkanes of at least 4 members (excludes halogenated alkanes) is 2. The molecule has 0 saturated carbocycles. The van der Waals surface area contributed by atoms with E-state index in [0.717, 1.165) is 31.6 Å². The summed E-state index contributed by atoms with van der Waals surface area (Å²) in [7, 11) is 0. The van der Waals surface area contributed by atoms with Crippen molar-refractivity contribution in [2.24, 2.45) is 5.92 Å². The van der Waals surface area contributed by atoms with Crippen LogP contribution < -0.4 is 0 Å². The summed E-state index contributed by atoms with van der Waals surface area (Å²) in [6.45, 7) is 2.87. The largest absolute Gasteiger partial charge is 0.396 e. The van der Waals surface area contributed by atoms with E-state index in [-0.39, 0.29) is 0 Å². The predicted octanol–water partition coefficient (Wildman–Crippen LogP) is 2.34. The van der Waals surface area contributed by atoms with Crippen molar-refractivity contribution in [3.63, 3.8) is 0 Å². The second-order valence-electron chi connectivity index (χ2n) is 3.71. The lowest BCUT2D eigenvalue weighted by Gasteiger charge is -2.13. The van der Waals surface area contributed by atoms with Gasteiger partial charge in [-0.3, -0.25) is 0 Å². The van der Waals surface area contributed by atoms with Gasteiger partial charge in [0.1, 0.15) is 0 Å². The SMILES string of the molecule is CCC(CCCO)CCCCCO. The smallest absolute Gasteiger partial charge is 0.0431 e. The molecule has 80 valence electrons. The zero-order valence-electron chi connectivity index (χ0n) is 8.84. The highest BCUT2D eigenvalue weighted by Crippen LogP contribution is 2.18. The first-order valence-electron chi connectivity index (χ1n) is 5.56. The molecule has 0 heterocycles. The molecule has 13 heavy (non-hydrogen) atoms. The van der Waals surface area contributed by atoms with Crippen LogP contribution in [0.5, 0.6) is 0 Å². The van der Waals surface area contributed by atoms with Gasteiger partial charge in [-0.2, -0.15) is 0 Å². The van der Waals surface area contributed by atoms with Gasteiger partial charge in [-0.25, -0.2) is 0 Å². The van der Waals surface area contributed by atoms with E-state index >= 15 is 0 Å². The summed E-state index contributed by atoms with van der Waals surface area (Å²) in [6, 6.07) is 0. The highest BCUT2D eigenvalue weighted by Gasteiger charge is 2.04. The van der Waals surface area contributed by atoms with Gasteiger partial charge in [0.15, 0.2) is 0 Å². The second kappa shape index (κ2) is 10.0. The van der Waals surface area contributed by atoms with Crippen LogP contribution in [0.3, 0.4) is 0 Å². The van der Waals surface area contributed by atoms with Crippen molar-refractivity contribution in [1.82, 2.24) is 0 Å². The Hall–Kier alpha value is -0.0800. The van der Waals surface area contributed by atoms with Crippen LogP contribution in [-0.2, 0) is 0 Å². The molecule has 0 spiro atoms. The Bertz CT molecular complexity index is 94.1. The summed E-state index contributed by atoms with van der Waals surface area (Å²) in [4.78, 5) is 0. The van der Waals surface area contributed by atoms with E-state index in [1.165, 1.54) is 19.3 Å². The van der Waals surface area contributed by atoms with Crippen LogP contribution in [0.1, 0.15) is 51.9 Å². The summed E-state index contributed by atoms with van der Waals surface area (Å²) >= 11 is 0. The quantitative estimate of drug-likeness (QED) is 0.545. The average molecular weight is 188 g/mol. The summed E-state index contributed by atoms with van der Waals surface area (Å²) < 4.78 is 0. The molecule has 0 fully saturated rings. The van der Waals surface area contributed by atoms with Crippen LogP contribution in [0.15, 0.2) is 0 Å². The number of rotatable bonds is 9. The topological polar surface area (TPSA) is 40.5 Å². The minimum absolute atomic E-state index is 0.327. The van der Waals surface area contributed by atoms with Crippen molar-refractivity contribution < 1.29 is 10.2 Å². The van der Waals surface area contributed by atoms with Crippen LogP contribution >= 0.6 is 0 Å². The fourth-order valence-corrected chi connectivity index (χ4v) is 1.65. The minimum atomic E-state index is 0.327. The Labute approximate surface area is 82.0 Å². The monoisotopic (exact) mass is 188 g/mol. The second-order valence-corrected chi connectivity index (χ2v) is 3.71. The van der Waals surface area contributed by atoms with Crippen molar-refractivity contribution in [3.05, 3.63) is 0 Å². The van der Waals surface area contributed by atoms with E-state index in [4.69, 9.17) is 10.2 Å². The van der Waals surface area contributed by atoms with E-state index in [0.29, 0.717) is 13.2 Å². The van der Waals surface area contributed by atoms with E-state index in [2.05, 4.69) is 6.92 Å². The maximum absolute atomic E-state index is 8.69. The van der Waals surface area contributed by atoms with Gasteiger partial charge in [0.25, 0.3) is 0 Å². The van der Waals surface area contributed by atoms with Crippen LogP contribution in [0.2, 0.25) is 0 Å². The number of aliphatic hydroxyl groups is 2. The summed E-state index contributed by atoms with van der Waals surface area (Å²) in [5.41, 5.74) is 0. The maximum atomic E-state index is 8.69. The van der Waals surface area contributed by atoms with E-state index in [9.17, 15) is 0 Å². The first-order chi connectivity index (χ1) is 6.35. The number of aliphatic hydroxyl groups excluding tert-OH is 2. The van der Waals surface area contributed by atoms with Crippen LogP contribution in [0.25, 0.3) is 0 Å². The lowest BCUT2D eigenvalue weighted by molar-refractivity contribution is 0.261. The Balaban J connectivity index is 3.25. The van der Waals surface area contributed by atoms with Crippen molar-refractivity contribution >= 4 is 0 Å². The third-order valence-corrected chi connectivity index (χ3v) is 2.62. The fraction of sp³-hybridized carbons (Fsp3) is 1.00. The van der Waals surface area contributed by atoms with E-state index < -0.39 is 0 Å². The number of hydrogen-bond acceptors (Lipinski definition) is 2. The van der Waals surface area contributed by atoms with Gasteiger partial charge < -0.3 is 10.2 Å². The highest BCUT2D eigenvalue weighted by molar-refractivity contribution is 4.57. The molecule has 0 rings (SSSR count). The van der Waals surface area contributed by atoms with Crippen LogP contribution in [0.4, 0.5) is 0 Å². The fourth-order valence-electron chi connectivity index (χ4n) is 1.65. The summed E-state index contributed by atoms with van der Waals surface area (Å²) in [5.74, 6) is 0.783. The molecule has 1 unspecified atom stereocenters. The molecule has 1 atom stereocenters. The minimum Gasteiger partial charge on any atom is -0.396 e. The Morgan fingerprint density at radius 1 is 0.846 bits per heavy atom. The van der Waals surface area contributed by atoms with Crippen molar-refractivity contribution in [3.8, 4) is 0 Å². The molecule has 0 amide bonds. The average Bonchev–Trinajstić information content (AvgIpc) is 2.17. The zero-order valence-corrected chi connectivity index (χ0v) is 8.84. The lowest BCUT2D eigenvalue weighted by Crippen LogP contribution is -2.00. The molecule has 0 aliphatic carbocycles. The Kier molecular flexibility index (Phi) is 9.94. The van der Waals surface area contributed by atoms with Crippen LogP contribution in [0, 0.1) is 5.92 Å². The first-order valence-corrected chi connectivity index (χ1v) is 5.56. The maximum Gasteiger partial charge on any atom is 0.0431 e. The van der Waals surface area contributed by atoms with Gasteiger partial charge >= 0.3 is 0 Å². The molecule has 0 bridgehead atoms. The lowest BCUT2D eigenvalue weighted by atomic mass is 9.94. The molecule has 0 aliphatic heterocycles. The predicted molar refractivity (Wildman–Crippen MR) is 55.7 cm³/mol. The van der Waals surface area contributed by atoms with E-state index in [1.54, 1.807) is 0 Å². The van der Waals surface area contributed by atoms with Crippen molar-refractivity contribution in [2.75, 3.05) is 13.2 Å². The van der Waals surface area contributed by atoms with Gasteiger partial charge in [0, 0.05) is 13.2 Å². The molecule has 0 aromatic carbocycles. The molecule has 2 N–H and O–H groups in total. The normalized spacial score (nSPS) is 13.2. The first kappa shape index (κ1) is 12.9. The molecular formula is C11H24O2. The van der Waals surface area contributed by atoms with Gasteiger partial charge in [0.2, 0.25) is 0 Å². The molecule has 0 radical (unpaired) electrons. The third kappa shape index (κ3) is 8.26. The molecule has 0 aromatic heterocycles. The third-order valence-electron chi connectivity index (χ3n) is 2.62. The van der Waals surface area contributed by atoms with Gasteiger partial charge in [0.05, 0.1) is 0 Å². The highest BCUT2D eigenvalue weighted by atomic mass is 16.3. The molecule has 2 heteroatoms. The molecule has 2 nitrogen and oxygen atoms in total. The molecule has 0 aromatic rings. The van der Waals surface area contributed by atoms with Gasteiger partial charge in [-0.1, -0.05) is 32.6 Å². The Morgan fingerprint density at radius 3 is 2.00 bits per heavy atom. The molecule has 0 saturated heterocycles. The Morgan fingerprint density at radius 2 is 1.46 bits per heavy atom. The van der Waals surface area contributed by atoms with Crippen molar-refractivity contribution in [1.29, 1.82) is 0 Å². The van der Waals surface area contributed by atoms with Crippen LogP contribution in [-0.4, -0.2) is 23.4 Å². The summed E-state index contributed by atoms with van der Waals surface area (Å²) in [6.07, 6.45) is 7.90. The number of hydrogen-bond donors (Lipinski definition) is 2. The van der Waals surface area contributed by atoms with Crippen molar-refractivity contribution in [2.45, 2.75) is 51.9 Å². The zero-order chi connectivity index (χ0) is 9.94. The standard InChI is InChI=1S/C11H24O2/c1-2-11(8-6-10-13)7-4-3-5-9-12/h11-13H,2-10H2,1H3. The molecule has 0 aliphatic rings. The van der Waals surface area contributed by atoms with Gasteiger partial charge in [-0.15, -0.1) is 0 Å². The van der Waals surface area contributed by atoms with E-state index in [1.807, 2.05) is 0 Å². The molecular weight excluding hydrogens is 164 g/mol.